The van der Waals surface area contributed by atoms with E-state index in [0.717, 1.165) is 19.3 Å². The number of piperidine rings is 1. The molecule has 19 heavy (non-hydrogen) atoms. The highest BCUT2D eigenvalue weighted by Gasteiger charge is 2.26. The molecule has 1 unspecified atom stereocenters. The monoisotopic (exact) mass is 269 g/mol. The number of hydrogen-bond donors (Lipinski definition) is 2. The maximum absolute atomic E-state index is 12.1. The molecule has 1 fully saturated rings. The maximum atomic E-state index is 12.1. The molecule has 110 valence electrons. The van der Waals surface area contributed by atoms with Crippen LogP contribution >= 0.6 is 0 Å². The van der Waals surface area contributed by atoms with Crippen molar-refractivity contribution in [1.82, 2.24) is 10.2 Å². The van der Waals surface area contributed by atoms with Gasteiger partial charge in [0, 0.05) is 25.6 Å². The van der Waals surface area contributed by atoms with E-state index < -0.39 is 0 Å². The van der Waals surface area contributed by atoms with Crippen LogP contribution in [-0.4, -0.2) is 41.9 Å². The minimum Gasteiger partial charge on any atom is -0.353 e. The first-order valence-electron chi connectivity index (χ1n) is 7.27. The van der Waals surface area contributed by atoms with Crippen LogP contribution in [0.4, 0.5) is 0 Å². The molecule has 0 spiro atoms. The standard InChI is InChI=1S/C14H27N3O2/c1-4-13(18)16-11-5-7-17(8-6-11)14(19)12(15)9-10(2)3/h10-12H,4-9,15H2,1-3H3,(H,16,18). The SMILES string of the molecule is CCC(=O)NC1CCN(C(=O)C(N)CC(C)C)CC1. The Morgan fingerprint density at radius 3 is 2.37 bits per heavy atom. The van der Waals surface area contributed by atoms with Crippen LogP contribution in [0.1, 0.15) is 46.5 Å². The van der Waals surface area contributed by atoms with Crippen LogP contribution in [0.5, 0.6) is 0 Å². The van der Waals surface area contributed by atoms with Crippen LogP contribution in [0.2, 0.25) is 0 Å². The average molecular weight is 269 g/mol. The van der Waals surface area contributed by atoms with E-state index in [0.29, 0.717) is 25.4 Å². The molecule has 0 aromatic carbocycles. The first kappa shape index (κ1) is 16.0. The van der Waals surface area contributed by atoms with Gasteiger partial charge in [-0.3, -0.25) is 9.59 Å². The molecule has 1 rings (SSSR count). The van der Waals surface area contributed by atoms with Crippen molar-refractivity contribution in [2.45, 2.75) is 58.5 Å². The van der Waals surface area contributed by atoms with Gasteiger partial charge in [-0.15, -0.1) is 0 Å². The Balaban J connectivity index is 2.36. The Bertz CT molecular complexity index is 310. The first-order chi connectivity index (χ1) is 8.93. The summed E-state index contributed by atoms with van der Waals surface area (Å²) in [5.74, 6) is 0.565. The quantitative estimate of drug-likeness (QED) is 0.778. The lowest BCUT2D eigenvalue weighted by Gasteiger charge is -2.34. The molecular formula is C14H27N3O2. The van der Waals surface area contributed by atoms with Gasteiger partial charge in [0.15, 0.2) is 0 Å². The molecule has 1 aliphatic rings. The summed E-state index contributed by atoms with van der Waals surface area (Å²) in [7, 11) is 0. The molecule has 5 heteroatoms. The first-order valence-corrected chi connectivity index (χ1v) is 7.27. The van der Waals surface area contributed by atoms with Gasteiger partial charge >= 0.3 is 0 Å². The van der Waals surface area contributed by atoms with Crippen molar-refractivity contribution >= 4 is 11.8 Å². The zero-order chi connectivity index (χ0) is 14.4. The van der Waals surface area contributed by atoms with Gasteiger partial charge in [-0.1, -0.05) is 20.8 Å². The number of hydrogen-bond acceptors (Lipinski definition) is 3. The maximum Gasteiger partial charge on any atom is 0.239 e. The molecule has 0 saturated carbocycles. The summed E-state index contributed by atoms with van der Waals surface area (Å²) in [6.07, 6.45) is 2.89. The van der Waals surface area contributed by atoms with Gasteiger partial charge in [-0.25, -0.2) is 0 Å². The zero-order valence-corrected chi connectivity index (χ0v) is 12.3. The molecule has 1 aliphatic heterocycles. The Hall–Kier alpha value is -1.10. The number of rotatable bonds is 5. The van der Waals surface area contributed by atoms with Gasteiger partial charge in [-0.05, 0) is 25.2 Å². The van der Waals surface area contributed by atoms with E-state index in [1.165, 1.54) is 0 Å². The fraction of sp³-hybridized carbons (Fsp3) is 0.857. The summed E-state index contributed by atoms with van der Waals surface area (Å²) in [4.78, 5) is 25.3. The summed E-state index contributed by atoms with van der Waals surface area (Å²) >= 11 is 0. The second-order valence-electron chi connectivity index (χ2n) is 5.76. The van der Waals surface area contributed by atoms with E-state index in [9.17, 15) is 9.59 Å². The molecule has 2 amide bonds. The topological polar surface area (TPSA) is 75.4 Å². The third kappa shape index (κ3) is 5.19. The molecule has 0 bridgehead atoms. The lowest BCUT2D eigenvalue weighted by atomic mass is 10.0. The molecule has 3 N–H and O–H groups in total. The van der Waals surface area contributed by atoms with Crippen molar-refractivity contribution in [3.8, 4) is 0 Å². The van der Waals surface area contributed by atoms with Crippen molar-refractivity contribution in [3.05, 3.63) is 0 Å². The molecule has 5 nitrogen and oxygen atoms in total. The molecule has 1 atom stereocenters. The Morgan fingerprint density at radius 1 is 1.32 bits per heavy atom. The van der Waals surface area contributed by atoms with E-state index in [2.05, 4.69) is 19.2 Å². The van der Waals surface area contributed by atoms with E-state index in [-0.39, 0.29) is 23.9 Å². The number of likely N-dealkylation sites (tertiary alicyclic amines) is 1. The predicted octanol–water partition coefficient (Wildman–Crippen LogP) is 0.877. The Labute approximate surface area is 115 Å². The number of nitrogens with two attached hydrogens (primary N) is 1. The van der Waals surface area contributed by atoms with Crippen molar-refractivity contribution < 1.29 is 9.59 Å². The summed E-state index contributed by atoms with van der Waals surface area (Å²) in [6, 6.07) is -0.181. The summed E-state index contributed by atoms with van der Waals surface area (Å²) in [6.45, 7) is 7.37. The fourth-order valence-electron chi connectivity index (χ4n) is 2.42. The van der Waals surface area contributed by atoms with Crippen LogP contribution in [0.15, 0.2) is 0 Å². The fourth-order valence-corrected chi connectivity index (χ4v) is 2.42. The van der Waals surface area contributed by atoms with Crippen molar-refractivity contribution in [2.75, 3.05) is 13.1 Å². The average Bonchev–Trinajstić information content (AvgIpc) is 2.37. The highest BCUT2D eigenvalue weighted by molar-refractivity contribution is 5.81. The molecule has 1 heterocycles. The molecule has 0 radical (unpaired) electrons. The minimum atomic E-state index is -0.387. The van der Waals surface area contributed by atoms with Crippen LogP contribution in [0.3, 0.4) is 0 Å². The van der Waals surface area contributed by atoms with Crippen LogP contribution in [0, 0.1) is 5.92 Å². The third-order valence-electron chi connectivity index (χ3n) is 3.54. The number of carbonyl (C=O) groups is 2. The highest BCUT2D eigenvalue weighted by atomic mass is 16.2. The Kier molecular flexibility index (Phi) is 6.28. The van der Waals surface area contributed by atoms with E-state index in [4.69, 9.17) is 5.73 Å². The van der Waals surface area contributed by atoms with Crippen LogP contribution in [-0.2, 0) is 9.59 Å². The van der Waals surface area contributed by atoms with Crippen molar-refractivity contribution in [2.24, 2.45) is 11.7 Å². The normalized spacial score (nSPS) is 18.5. The molecule has 0 aromatic rings. The number of nitrogens with zero attached hydrogens (tertiary/aromatic N) is 1. The van der Waals surface area contributed by atoms with E-state index in [1.807, 2.05) is 11.8 Å². The van der Waals surface area contributed by atoms with Crippen molar-refractivity contribution in [1.29, 1.82) is 0 Å². The predicted molar refractivity (Wildman–Crippen MR) is 75.5 cm³/mol. The van der Waals surface area contributed by atoms with Gasteiger partial charge in [0.2, 0.25) is 11.8 Å². The lowest BCUT2D eigenvalue weighted by Crippen LogP contribution is -2.51. The lowest BCUT2D eigenvalue weighted by molar-refractivity contribution is -0.134. The van der Waals surface area contributed by atoms with E-state index in [1.54, 1.807) is 0 Å². The molecule has 0 aromatic heterocycles. The van der Waals surface area contributed by atoms with Gasteiger partial charge < -0.3 is 16.0 Å². The Morgan fingerprint density at radius 2 is 1.89 bits per heavy atom. The van der Waals surface area contributed by atoms with Gasteiger partial charge in [0.05, 0.1) is 6.04 Å². The molecule has 1 saturated heterocycles. The van der Waals surface area contributed by atoms with Gasteiger partial charge in [-0.2, -0.15) is 0 Å². The van der Waals surface area contributed by atoms with Gasteiger partial charge in [0.1, 0.15) is 0 Å². The smallest absolute Gasteiger partial charge is 0.239 e. The minimum absolute atomic E-state index is 0.0500. The largest absolute Gasteiger partial charge is 0.353 e. The summed E-state index contributed by atoms with van der Waals surface area (Å²) in [5.41, 5.74) is 5.92. The van der Waals surface area contributed by atoms with Crippen LogP contribution in [0.25, 0.3) is 0 Å². The molecule has 0 aliphatic carbocycles. The second-order valence-corrected chi connectivity index (χ2v) is 5.76. The number of nitrogens with one attached hydrogen (secondary N) is 1. The molecular weight excluding hydrogens is 242 g/mol. The van der Waals surface area contributed by atoms with Crippen molar-refractivity contribution in [3.63, 3.8) is 0 Å². The zero-order valence-electron chi connectivity index (χ0n) is 12.3. The summed E-state index contributed by atoms with van der Waals surface area (Å²) < 4.78 is 0. The highest BCUT2D eigenvalue weighted by Crippen LogP contribution is 2.13. The number of carbonyl (C=O) groups excluding carboxylic acids is 2. The van der Waals surface area contributed by atoms with Crippen LogP contribution < -0.4 is 11.1 Å². The summed E-state index contributed by atoms with van der Waals surface area (Å²) in [5, 5.41) is 2.98. The third-order valence-corrected chi connectivity index (χ3v) is 3.54. The van der Waals surface area contributed by atoms with Gasteiger partial charge in [0.25, 0.3) is 0 Å². The number of amides is 2. The van der Waals surface area contributed by atoms with E-state index >= 15 is 0 Å². The second kappa shape index (κ2) is 7.48.